The number of hydrogen-bond donors (Lipinski definition) is 1. The first-order valence-electron chi connectivity index (χ1n) is 5.31. The summed E-state index contributed by atoms with van der Waals surface area (Å²) >= 11 is 0. The molecule has 1 rings (SSSR count). The minimum atomic E-state index is 0.0983. The van der Waals surface area contributed by atoms with Crippen LogP contribution in [0.2, 0.25) is 0 Å². The number of Topliss-reactive ketones (excluding diaryl/α,β-unsaturated/α-hetero) is 1. The third kappa shape index (κ3) is 2.31. The van der Waals surface area contributed by atoms with Crippen molar-refractivity contribution in [3.63, 3.8) is 0 Å². The third-order valence-corrected chi connectivity index (χ3v) is 2.96. The largest absolute Gasteiger partial charge is 0.307 e. The molecular formula is C11H21NO. The Morgan fingerprint density at radius 3 is 2.31 bits per heavy atom. The number of rotatable bonds is 2. The second-order valence-corrected chi connectivity index (χ2v) is 4.72. The second-order valence-electron chi connectivity index (χ2n) is 4.72. The van der Waals surface area contributed by atoms with Crippen molar-refractivity contribution < 1.29 is 4.79 Å². The van der Waals surface area contributed by atoms with Crippen molar-refractivity contribution in [3.8, 4) is 0 Å². The van der Waals surface area contributed by atoms with Crippen LogP contribution in [-0.4, -0.2) is 18.4 Å². The molecule has 1 heterocycles. The van der Waals surface area contributed by atoms with Crippen molar-refractivity contribution in [2.24, 2.45) is 17.8 Å². The first-order valence-corrected chi connectivity index (χ1v) is 5.31. The summed E-state index contributed by atoms with van der Waals surface area (Å²) < 4.78 is 0. The highest BCUT2D eigenvalue weighted by atomic mass is 16.1. The van der Waals surface area contributed by atoms with Crippen LogP contribution in [0.15, 0.2) is 0 Å². The maximum absolute atomic E-state index is 11.9. The third-order valence-electron chi connectivity index (χ3n) is 2.96. The van der Waals surface area contributed by atoms with Gasteiger partial charge in [-0.25, -0.2) is 0 Å². The SMILES string of the molecule is CC(C)C1CCNC(C(C)C)C1=O. The molecule has 0 saturated carbocycles. The van der Waals surface area contributed by atoms with Gasteiger partial charge in [0.2, 0.25) is 0 Å². The normalized spacial score (nSPS) is 30.2. The van der Waals surface area contributed by atoms with E-state index in [-0.39, 0.29) is 12.0 Å². The molecule has 2 nitrogen and oxygen atoms in total. The van der Waals surface area contributed by atoms with Gasteiger partial charge in [0.05, 0.1) is 6.04 Å². The Morgan fingerprint density at radius 1 is 1.23 bits per heavy atom. The minimum Gasteiger partial charge on any atom is -0.307 e. The summed E-state index contributed by atoms with van der Waals surface area (Å²) in [4.78, 5) is 11.9. The van der Waals surface area contributed by atoms with E-state index in [9.17, 15) is 4.79 Å². The number of nitrogens with one attached hydrogen (secondary N) is 1. The highest BCUT2D eigenvalue weighted by molar-refractivity contribution is 5.87. The molecule has 13 heavy (non-hydrogen) atoms. The van der Waals surface area contributed by atoms with Gasteiger partial charge in [0, 0.05) is 5.92 Å². The lowest BCUT2D eigenvalue weighted by Crippen LogP contribution is -2.50. The lowest BCUT2D eigenvalue weighted by atomic mass is 9.80. The van der Waals surface area contributed by atoms with E-state index < -0.39 is 0 Å². The summed E-state index contributed by atoms with van der Waals surface area (Å²) in [6.07, 6.45) is 1.01. The molecule has 0 amide bonds. The first kappa shape index (κ1) is 10.7. The van der Waals surface area contributed by atoms with Crippen LogP contribution < -0.4 is 5.32 Å². The van der Waals surface area contributed by atoms with E-state index >= 15 is 0 Å². The Morgan fingerprint density at radius 2 is 1.85 bits per heavy atom. The first-order chi connectivity index (χ1) is 6.04. The summed E-state index contributed by atoms with van der Waals surface area (Å²) in [7, 11) is 0. The molecule has 2 unspecified atom stereocenters. The molecule has 2 atom stereocenters. The van der Waals surface area contributed by atoms with Crippen molar-refractivity contribution in [1.29, 1.82) is 0 Å². The van der Waals surface area contributed by atoms with E-state index in [0.717, 1.165) is 13.0 Å². The highest BCUT2D eigenvalue weighted by Gasteiger charge is 2.33. The fraction of sp³-hybridized carbons (Fsp3) is 0.909. The average molecular weight is 183 g/mol. The van der Waals surface area contributed by atoms with E-state index in [1.165, 1.54) is 0 Å². The van der Waals surface area contributed by atoms with Crippen LogP contribution in [0.5, 0.6) is 0 Å². The number of carbonyl (C=O) groups excluding carboxylic acids is 1. The van der Waals surface area contributed by atoms with Crippen LogP contribution in [0.3, 0.4) is 0 Å². The Kier molecular flexibility index (Phi) is 3.48. The number of hydrogen-bond acceptors (Lipinski definition) is 2. The molecule has 1 N–H and O–H groups in total. The molecular weight excluding hydrogens is 162 g/mol. The van der Waals surface area contributed by atoms with Gasteiger partial charge in [0.25, 0.3) is 0 Å². The van der Waals surface area contributed by atoms with Gasteiger partial charge < -0.3 is 5.32 Å². The van der Waals surface area contributed by atoms with E-state index in [1.54, 1.807) is 0 Å². The lowest BCUT2D eigenvalue weighted by Gasteiger charge is -2.33. The Bertz CT molecular complexity index is 169. The molecule has 76 valence electrons. The molecule has 0 spiro atoms. The van der Waals surface area contributed by atoms with Crippen LogP contribution in [0, 0.1) is 17.8 Å². The quantitative estimate of drug-likeness (QED) is 0.708. The monoisotopic (exact) mass is 183 g/mol. The van der Waals surface area contributed by atoms with Crippen LogP contribution in [0.1, 0.15) is 34.1 Å². The van der Waals surface area contributed by atoms with Crippen molar-refractivity contribution in [3.05, 3.63) is 0 Å². The van der Waals surface area contributed by atoms with Gasteiger partial charge in [0.15, 0.2) is 5.78 Å². The van der Waals surface area contributed by atoms with E-state index in [4.69, 9.17) is 0 Å². The van der Waals surface area contributed by atoms with Crippen molar-refractivity contribution in [2.45, 2.75) is 40.2 Å². The summed E-state index contributed by atoms with van der Waals surface area (Å²) in [6, 6.07) is 0.0983. The van der Waals surface area contributed by atoms with E-state index in [0.29, 0.717) is 17.6 Å². The Hall–Kier alpha value is -0.370. The molecule has 0 aliphatic carbocycles. The van der Waals surface area contributed by atoms with Crippen LogP contribution in [0.25, 0.3) is 0 Å². The summed E-state index contributed by atoms with van der Waals surface area (Å²) in [6.45, 7) is 9.50. The molecule has 0 aromatic heterocycles. The average Bonchev–Trinajstić information content (AvgIpc) is 2.03. The fourth-order valence-corrected chi connectivity index (χ4v) is 2.09. The molecule has 0 radical (unpaired) electrons. The zero-order valence-electron chi connectivity index (χ0n) is 9.13. The zero-order chi connectivity index (χ0) is 10.0. The minimum absolute atomic E-state index is 0.0983. The van der Waals surface area contributed by atoms with Gasteiger partial charge in [-0.2, -0.15) is 0 Å². The summed E-state index contributed by atoms with van der Waals surface area (Å²) in [5.41, 5.74) is 0. The standard InChI is InChI=1S/C11H21NO/c1-7(2)9-5-6-12-10(8(3)4)11(9)13/h7-10,12H,5-6H2,1-4H3. The molecule has 0 aromatic carbocycles. The van der Waals surface area contributed by atoms with Gasteiger partial charge in [0.1, 0.15) is 0 Å². The molecule has 0 bridgehead atoms. The van der Waals surface area contributed by atoms with Gasteiger partial charge in [-0.3, -0.25) is 4.79 Å². The van der Waals surface area contributed by atoms with E-state index in [2.05, 4.69) is 33.0 Å². The summed E-state index contributed by atoms with van der Waals surface area (Å²) in [5.74, 6) is 1.63. The fourth-order valence-electron chi connectivity index (χ4n) is 2.09. The predicted molar refractivity (Wildman–Crippen MR) is 54.6 cm³/mol. The molecule has 0 aromatic rings. The molecule has 1 aliphatic rings. The Labute approximate surface area is 81.1 Å². The number of ketones is 1. The topological polar surface area (TPSA) is 29.1 Å². The van der Waals surface area contributed by atoms with Crippen LogP contribution in [-0.2, 0) is 4.79 Å². The second kappa shape index (κ2) is 4.23. The van der Waals surface area contributed by atoms with Gasteiger partial charge in [-0.1, -0.05) is 27.7 Å². The molecule has 2 heteroatoms. The Balaban J connectivity index is 2.66. The van der Waals surface area contributed by atoms with Crippen LogP contribution in [0.4, 0.5) is 0 Å². The number of piperidine rings is 1. The van der Waals surface area contributed by atoms with E-state index in [1.807, 2.05) is 0 Å². The zero-order valence-corrected chi connectivity index (χ0v) is 9.13. The predicted octanol–water partition coefficient (Wildman–Crippen LogP) is 1.85. The van der Waals surface area contributed by atoms with Crippen molar-refractivity contribution in [1.82, 2.24) is 5.32 Å². The van der Waals surface area contributed by atoms with Gasteiger partial charge in [-0.15, -0.1) is 0 Å². The summed E-state index contributed by atoms with van der Waals surface area (Å²) in [5, 5.41) is 3.30. The maximum atomic E-state index is 11.9. The maximum Gasteiger partial charge on any atom is 0.153 e. The van der Waals surface area contributed by atoms with Crippen molar-refractivity contribution in [2.75, 3.05) is 6.54 Å². The smallest absolute Gasteiger partial charge is 0.153 e. The highest BCUT2D eigenvalue weighted by Crippen LogP contribution is 2.23. The van der Waals surface area contributed by atoms with Gasteiger partial charge >= 0.3 is 0 Å². The molecule has 1 aliphatic heterocycles. The molecule has 1 saturated heterocycles. The lowest BCUT2D eigenvalue weighted by molar-refractivity contribution is -0.129. The molecule has 1 fully saturated rings. The van der Waals surface area contributed by atoms with Crippen LogP contribution >= 0.6 is 0 Å². The van der Waals surface area contributed by atoms with Crippen molar-refractivity contribution >= 4 is 5.78 Å². The number of carbonyl (C=O) groups is 1. The van der Waals surface area contributed by atoms with Gasteiger partial charge in [-0.05, 0) is 24.8 Å².